The van der Waals surface area contributed by atoms with E-state index in [1.165, 1.54) is 4.90 Å². The number of halogens is 2. The summed E-state index contributed by atoms with van der Waals surface area (Å²) < 4.78 is 30.8. The van der Waals surface area contributed by atoms with Gasteiger partial charge in [-0.1, -0.05) is 31.0 Å². The quantitative estimate of drug-likeness (QED) is 0.613. The molecule has 1 aliphatic carbocycles. The smallest absolute Gasteiger partial charge is 0.271 e. The minimum absolute atomic E-state index is 0.155. The van der Waals surface area contributed by atoms with Crippen LogP contribution in [0.1, 0.15) is 60.0 Å². The molecule has 1 saturated carbocycles. The van der Waals surface area contributed by atoms with Crippen LogP contribution in [-0.2, 0) is 22.7 Å². The van der Waals surface area contributed by atoms with E-state index in [9.17, 15) is 14.4 Å². The fraction of sp³-hybridized carbons (Fsp3) is 0.609. The Morgan fingerprint density at radius 2 is 2.00 bits per heavy atom. The molecule has 3 unspecified atom stereocenters. The summed E-state index contributed by atoms with van der Waals surface area (Å²) in [7, 11) is 0. The van der Waals surface area contributed by atoms with Crippen LogP contribution in [0.4, 0.5) is 8.78 Å². The van der Waals surface area contributed by atoms with E-state index in [-0.39, 0.29) is 37.9 Å². The maximum absolute atomic E-state index is 15.4. The van der Waals surface area contributed by atoms with Gasteiger partial charge in [-0.2, -0.15) is 0 Å². The van der Waals surface area contributed by atoms with Crippen molar-refractivity contribution in [1.29, 1.82) is 0 Å². The van der Waals surface area contributed by atoms with Crippen LogP contribution in [0.25, 0.3) is 0 Å². The molecule has 0 spiro atoms. The van der Waals surface area contributed by atoms with Crippen LogP contribution < -0.4 is 16.0 Å². The SMILES string of the molecule is O=C1CCC(N2Cc3cccc(CNC45CCCCC(CNC4)C5(F)F)c3C2=O)C(=O)N1. The van der Waals surface area contributed by atoms with Crippen LogP contribution in [0.15, 0.2) is 18.2 Å². The third-order valence-electron chi connectivity index (χ3n) is 7.63. The van der Waals surface area contributed by atoms with E-state index in [0.29, 0.717) is 36.9 Å². The molecule has 3 fully saturated rings. The predicted octanol–water partition coefficient (Wildman–Crippen LogP) is 1.70. The minimum atomic E-state index is -2.82. The fourth-order valence-corrected chi connectivity index (χ4v) is 5.82. The zero-order valence-corrected chi connectivity index (χ0v) is 17.9. The fourth-order valence-electron chi connectivity index (χ4n) is 5.82. The number of fused-ring (bicyclic) bond motifs is 3. The zero-order chi connectivity index (χ0) is 22.5. The van der Waals surface area contributed by atoms with Crippen molar-refractivity contribution >= 4 is 17.7 Å². The molecule has 5 rings (SSSR count). The van der Waals surface area contributed by atoms with Gasteiger partial charge >= 0.3 is 0 Å². The van der Waals surface area contributed by atoms with Gasteiger partial charge in [-0.25, -0.2) is 8.78 Å². The summed E-state index contributed by atoms with van der Waals surface area (Å²) in [5.41, 5.74) is 0.598. The number of nitrogens with one attached hydrogen (secondary N) is 3. The largest absolute Gasteiger partial charge is 0.322 e. The maximum Gasteiger partial charge on any atom is 0.271 e. The molecule has 1 aromatic rings. The zero-order valence-electron chi connectivity index (χ0n) is 17.9. The number of hydrogen-bond acceptors (Lipinski definition) is 5. The number of benzene rings is 1. The van der Waals surface area contributed by atoms with Crippen LogP contribution in [0.5, 0.6) is 0 Å². The van der Waals surface area contributed by atoms with Crippen molar-refractivity contribution in [3.8, 4) is 0 Å². The van der Waals surface area contributed by atoms with Crippen molar-refractivity contribution in [2.75, 3.05) is 13.1 Å². The predicted molar refractivity (Wildman–Crippen MR) is 112 cm³/mol. The third kappa shape index (κ3) is 3.33. The van der Waals surface area contributed by atoms with E-state index in [1.54, 1.807) is 6.07 Å². The van der Waals surface area contributed by atoms with E-state index in [2.05, 4.69) is 16.0 Å². The highest BCUT2D eigenvalue weighted by molar-refractivity contribution is 6.06. The molecule has 32 heavy (non-hydrogen) atoms. The second-order valence-electron chi connectivity index (χ2n) is 9.48. The topological polar surface area (TPSA) is 90.5 Å². The number of nitrogens with zero attached hydrogens (tertiary/aromatic N) is 1. The molecule has 9 heteroatoms. The number of carbonyl (C=O) groups excluding carboxylic acids is 3. The standard InChI is InChI=1S/C23H28F2N4O3/c24-23(25)16-6-1-2-9-22(23,13-26-11-16)27-10-14-4-3-5-15-12-29(21(32)19(14)15)17-7-8-18(30)28-20(17)31/h3-5,16-17,26-27H,1-2,6-13H2,(H,28,30,31). The van der Waals surface area contributed by atoms with E-state index in [1.807, 2.05) is 12.1 Å². The summed E-state index contributed by atoms with van der Waals surface area (Å²) in [6, 6.07) is 4.75. The minimum Gasteiger partial charge on any atom is -0.322 e. The normalized spacial score (nSPS) is 31.8. The summed E-state index contributed by atoms with van der Waals surface area (Å²) >= 11 is 0. The van der Waals surface area contributed by atoms with Crippen molar-refractivity contribution < 1.29 is 23.2 Å². The number of alkyl halides is 2. The van der Waals surface area contributed by atoms with Gasteiger partial charge in [-0.15, -0.1) is 0 Å². The second-order valence-corrected chi connectivity index (χ2v) is 9.48. The van der Waals surface area contributed by atoms with Crippen LogP contribution >= 0.6 is 0 Å². The Hall–Kier alpha value is -2.39. The lowest BCUT2D eigenvalue weighted by Gasteiger charge is -2.47. The maximum atomic E-state index is 15.4. The van der Waals surface area contributed by atoms with E-state index in [4.69, 9.17) is 0 Å². The number of imide groups is 1. The Balaban J connectivity index is 1.38. The summed E-state index contributed by atoms with van der Waals surface area (Å²) in [5, 5.41) is 8.65. The Morgan fingerprint density at radius 3 is 2.81 bits per heavy atom. The Labute approximate surface area is 185 Å². The van der Waals surface area contributed by atoms with E-state index < -0.39 is 29.3 Å². The Bertz CT molecular complexity index is 969. The average molecular weight is 446 g/mol. The summed E-state index contributed by atoms with van der Waals surface area (Å²) in [6.07, 6.45) is 2.93. The highest BCUT2D eigenvalue weighted by Crippen LogP contribution is 2.46. The van der Waals surface area contributed by atoms with Crippen LogP contribution in [0.2, 0.25) is 0 Å². The first-order valence-electron chi connectivity index (χ1n) is 11.4. The Kier molecular flexibility index (Phi) is 5.28. The molecule has 4 aliphatic rings. The van der Waals surface area contributed by atoms with Crippen molar-refractivity contribution in [2.45, 2.75) is 69.1 Å². The number of carbonyl (C=O) groups is 3. The molecule has 172 valence electrons. The molecule has 7 nitrogen and oxygen atoms in total. The lowest BCUT2D eigenvalue weighted by atomic mass is 9.78. The third-order valence-corrected chi connectivity index (χ3v) is 7.63. The summed E-state index contributed by atoms with van der Waals surface area (Å²) in [4.78, 5) is 38.5. The van der Waals surface area contributed by atoms with Crippen molar-refractivity contribution in [3.63, 3.8) is 0 Å². The van der Waals surface area contributed by atoms with E-state index >= 15 is 8.78 Å². The highest BCUT2D eigenvalue weighted by atomic mass is 19.3. The molecule has 3 aliphatic heterocycles. The number of rotatable bonds is 4. The average Bonchev–Trinajstić information content (AvgIpc) is 3.09. The van der Waals surface area contributed by atoms with E-state index in [0.717, 1.165) is 18.4 Å². The molecular weight excluding hydrogens is 418 g/mol. The molecule has 2 bridgehead atoms. The molecule has 0 radical (unpaired) electrons. The van der Waals surface area contributed by atoms with Crippen LogP contribution in [0, 0.1) is 5.92 Å². The second kappa shape index (κ2) is 7.88. The number of piperidine rings is 2. The van der Waals surface area contributed by atoms with Gasteiger partial charge in [0, 0.05) is 44.1 Å². The molecule has 0 aromatic heterocycles. The summed E-state index contributed by atoms with van der Waals surface area (Å²) in [5.74, 6) is -4.58. The molecule has 3 atom stereocenters. The Morgan fingerprint density at radius 1 is 1.16 bits per heavy atom. The monoisotopic (exact) mass is 446 g/mol. The van der Waals surface area contributed by atoms with Crippen molar-refractivity contribution in [2.24, 2.45) is 5.92 Å². The van der Waals surface area contributed by atoms with Crippen LogP contribution in [-0.4, -0.2) is 53.2 Å². The molecule has 2 saturated heterocycles. The lowest BCUT2D eigenvalue weighted by Crippen LogP contribution is -2.70. The first kappa shape index (κ1) is 21.5. The van der Waals surface area contributed by atoms with Gasteiger partial charge in [0.05, 0.1) is 5.54 Å². The van der Waals surface area contributed by atoms with Gasteiger partial charge in [0.1, 0.15) is 6.04 Å². The van der Waals surface area contributed by atoms with Crippen molar-refractivity contribution in [3.05, 3.63) is 34.9 Å². The van der Waals surface area contributed by atoms with Gasteiger partial charge in [0.2, 0.25) is 11.8 Å². The molecule has 3 amide bonds. The van der Waals surface area contributed by atoms with Gasteiger partial charge in [0.15, 0.2) is 0 Å². The van der Waals surface area contributed by atoms with Gasteiger partial charge < -0.3 is 15.5 Å². The van der Waals surface area contributed by atoms with Crippen molar-refractivity contribution in [1.82, 2.24) is 20.9 Å². The molecular formula is C23H28F2N4O3. The molecule has 3 heterocycles. The number of amides is 3. The number of hydrogen-bond donors (Lipinski definition) is 3. The van der Waals surface area contributed by atoms with Gasteiger partial charge in [-0.05, 0) is 30.4 Å². The molecule has 1 aromatic carbocycles. The highest BCUT2D eigenvalue weighted by Gasteiger charge is 2.60. The lowest BCUT2D eigenvalue weighted by molar-refractivity contribution is -0.148. The first-order chi connectivity index (χ1) is 15.3. The summed E-state index contributed by atoms with van der Waals surface area (Å²) in [6.45, 7) is 0.958. The van der Waals surface area contributed by atoms with Gasteiger partial charge in [0.25, 0.3) is 11.8 Å². The van der Waals surface area contributed by atoms with Crippen LogP contribution in [0.3, 0.4) is 0 Å². The molecule has 3 N–H and O–H groups in total. The van der Waals surface area contributed by atoms with Gasteiger partial charge in [-0.3, -0.25) is 19.7 Å². The first-order valence-corrected chi connectivity index (χ1v) is 11.4.